The minimum absolute atomic E-state index is 0.657. The van der Waals surface area contributed by atoms with Crippen LogP contribution in [0.15, 0.2) is 54.6 Å². The summed E-state index contributed by atoms with van der Waals surface area (Å²) in [7, 11) is 1.75. The third kappa shape index (κ3) is 1.45. The molecule has 0 aliphatic heterocycles. The van der Waals surface area contributed by atoms with Gasteiger partial charge in [-0.3, -0.25) is 0 Å². The normalized spacial score (nSPS) is 11.8. The van der Waals surface area contributed by atoms with Crippen molar-refractivity contribution in [3.63, 3.8) is 0 Å². The topological polar surface area (TPSA) is 9.23 Å². The molecule has 0 saturated heterocycles. The van der Waals surface area contributed by atoms with Crippen LogP contribution in [0.2, 0.25) is 0 Å². The molecule has 0 bridgehead atoms. The average Bonchev–Trinajstić information content (AvgIpc) is 2.46. The Morgan fingerprint density at radius 3 is 2.26 bits per heavy atom. The molecular weight excluding hydrogens is 232 g/mol. The van der Waals surface area contributed by atoms with Crippen molar-refractivity contribution in [3.05, 3.63) is 60.2 Å². The zero-order valence-electron chi connectivity index (χ0n) is 10.8. The van der Waals surface area contributed by atoms with Crippen molar-refractivity contribution in [3.8, 4) is 0 Å². The first-order valence-electron chi connectivity index (χ1n) is 6.53. The zero-order valence-corrected chi connectivity index (χ0v) is 10.8. The van der Waals surface area contributed by atoms with Crippen molar-refractivity contribution in [2.75, 3.05) is 7.11 Å². The maximum Gasteiger partial charge on any atom is 0.0719 e. The molecule has 4 aromatic carbocycles. The van der Waals surface area contributed by atoms with Crippen molar-refractivity contribution >= 4 is 32.3 Å². The molecule has 0 heterocycles. The molecule has 0 fully saturated rings. The van der Waals surface area contributed by atoms with Crippen molar-refractivity contribution in [1.29, 1.82) is 0 Å². The molecule has 0 saturated carbocycles. The van der Waals surface area contributed by atoms with Crippen LogP contribution < -0.4 is 0 Å². The monoisotopic (exact) mass is 246 g/mol. The van der Waals surface area contributed by atoms with Gasteiger partial charge in [-0.05, 0) is 43.9 Å². The lowest BCUT2D eigenvalue weighted by molar-refractivity contribution is 0.186. The molecule has 92 valence electrons. The lowest BCUT2D eigenvalue weighted by Crippen LogP contribution is -1.92. The summed E-state index contributed by atoms with van der Waals surface area (Å²) in [6.45, 7) is 0.657. The Labute approximate surface area is 111 Å². The van der Waals surface area contributed by atoms with Crippen LogP contribution in [0.3, 0.4) is 0 Å². The summed E-state index contributed by atoms with van der Waals surface area (Å²) in [5.41, 5.74) is 1.26. The number of hydrogen-bond acceptors (Lipinski definition) is 1. The van der Waals surface area contributed by atoms with Crippen LogP contribution in [0, 0.1) is 0 Å². The van der Waals surface area contributed by atoms with Gasteiger partial charge < -0.3 is 4.74 Å². The van der Waals surface area contributed by atoms with Gasteiger partial charge in [-0.1, -0.05) is 48.5 Å². The molecule has 0 atom stereocenters. The summed E-state index contributed by atoms with van der Waals surface area (Å²) in [6, 6.07) is 19.7. The maximum absolute atomic E-state index is 5.36. The van der Waals surface area contributed by atoms with E-state index in [0.717, 1.165) is 0 Å². The number of rotatable bonds is 2. The van der Waals surface area contributed by atoms with Crippen LogP contribution >= 0.6 is 0 Å². The van der Waals surface area contributed by atoms with Gasteiger partial charge in [0.2, 0.25) is 0 Å². The summed E-state index contributed by atoms with van der Waals surface area (Å²) in [4.78, 5) is 0. The van der Waals surface area contributed by atoms with Crippen molar-refractivity contribution in [2.45, 2.75) is 6.61 Å². The number of ether oxygens (including phenoxy) is 1. The van der Waals surface area contributed by atoms with Gasteiger partial charge in [0.15, 0.2) is 0 Å². The van der Waals surface area contributed by atoms with Crippen molar-refractivity contribution in [2.24, 2.45) is 0 Å². The SMILES string of the molecule is COCc1cc2cccc3ccc4cccc1c4c32. The Kier molecular flexibility index (Phi) is 2.23. The molecule has 4 rings (SSSR count). The molecule has 4 aromatic rings. The van der Waals surface area contributed by atoms with Crippen LogP contribution in [0.25, 0.3) is 32.3 Å². The first-order valence-corrected chi connectivity index (χ1v) is 6.53. The van der Waals surface area contributed by atoms with Crippen LogP contribution in [-0.2, 0) is 11.3 Å². The molecule has 1 heteroatoms. The molecule has 0 N–H and O–H groups in total. The molecule has 0 radical (unpaired) electrons. The van der Waals surface area contributed by atoms with E-state index in [-0.39, 0.29) is 0 Å². The highest BCUT2D eigenvalue weighted by Crippen LogP contribution is 2.36. The predicted molar refractivity (Wildman–Crippen MR) is 80.9 cm³/mol. The van der Waals surface area contributed by atoms with Crippen LogP contribution in [-0.4, -0.2) is 7.11 Å². The van der Waals surface area contributed by atoms with Gasteiger partial charge in [0.25, 0.3) is 0 Å². The van der Waals surface area contributed by atoms with Crippen LogP contribution in [0.4, 0.5) is 0 Å². The van der Waals surface area contributed by atoms with E-state index in [0.29, 0.717) is 6.61 Å². The van der Waals surface area contributed by atoms with Gasteiger partial charge >= 0.3 is 0 Å². The highest BCUT2D eigenvalue weighted by Gasteiger charge is 2.10. The third-order valence-electron chi connectivity index (χ3n) is 3.89. The highest BCUT2D eigenvalue weighted by molar-refractivity contribution is 6.23. The summed E-state index contributed by atoms with van der Waals surface area (Å²) in [6.07, 6.45) is 0. The van der Waals surface area contributed by atoms with Gasteiger partial charge in [0, 0.05) is 7.11 Å². The van der Waals surface area contributed by atoms with Gasteiger partial charge in [-0.25, -0.2) is 0 Å². The maximum atomic E-state index is 5.36. The minimum Gasteiger partial charge on any atom is -0.380 e. The molecule has 0 aliphatic carbocycles. The van der Waals surface area contributed by atoms with E-state index in [1.165, 1.54) is 37.9 Å². The summed E-state index contributed by atoms with van der Waals surface area (Å²) < 4.78 is 5.36. The minimum atomic E-state index is 0.657. The second kappa shape index (κ2) is 3.94. The standard InChI is InChI=1S/C18H14O/c1-19-11-15-10-14-6-2-4-12-8-9-13-5-3-7-16(15)18(13)17(12)14/h2-10H,11H2,1H3. The Balaban J connectivity index is 2.31. The number of methoxy groups -OCH3 is 1. The van der Waals surface area contributed by atoms with E-state index < -0.39 is 0 Å². The molecule has 1 nitrogen and oxygen atoms in total. The van der Waals surface area contributed by atoms with Gasteiger partial charge in [0.1, 0.15) is 0 Å². The summed E-state index contributed by atoms with van der Waals surface area (Å²) >= 11 is 0. The van der Waals surface area contributed by atoms with E-state index in [2.05, 4.69) is 54.6 Å². The lowest BCUT2D eigenvalue weighted by Gasteiger charge is -2.14. The molecule has 0 spiro atoms. The number of hydrogen-bond donors (Lipinski definition) is 0. The second-order valence-corrected chi connectivity index (χ2v) is 5.02. The molecule has 0 aliphatic rings. The van der Waals surface area contributed by atoms with E-state index in [1.807, 2.05) is 0 Å². The fourth-order valence-electron chi connectivity index (χ4n) is 3.11. The smallest absolute Gasteiger partial charge is 0.0719 e. The Morgan fingerprint density at radius 2 is 1.47 bits per heavy atom. The highest BCUT2D eigenvalue weighted by atomic mass is 16.5. The quantitative estimate of drug-likeness (QED) is 0.464. The van der Waals surface area contributed by atoms with E-state index in [4.69, 9.17) is 4.74 Å². The van der Waals surface area contributed by atoms with Crippen LogP contribution in [0.1, 0.15) is 5.56 Å². The van der Waals surface area contributed by atoms with E-state index in [1.54, 1.807) is 7.11 Å². The molecule has 0 aromatic heterocycles. The lowest BCUT2D eigenvalue weighted by atomic mass is 9.91. The fraction of sp³-hybridized carbons (Fsp3) is 0.111. The average molecular weight is 246 g/mol. The van der Waals surface area contributed by atoms with Crippen molar-refractivity contribution < 1.29 is 4.74 Å². The van der Waals surface area contributed by atoms with Crippen LogP contribution in [0.5, 0.6) is 0 Å². The predicted octanol–water partition coefficient (Wildman–Crippen LogP) is 4.73. The largest absolute Gasteiger partial charge is 0.380 e. The first kappa shape index (κ1) is 10.8. The Bertz CT molecular complexity index is 877. The molecule has 0 unspecified atom stereocenters. The molecular formula is C18H14O. The Morgan fingerprint density at radius 1 is 0.789 bits per heavy atom. The summed E-state index contributed by atoms with van der Waals surface area (Å²) in [5, 5.41) is 7.96. The van der Waals surface area contributed by atoms with Crippen molar-refractivity contribution in [1.82, 2.24) is 0 Å². The second-order valence-electron chi connectivity index (χ2n) is 5.02. The van der Waals surface area contributed by atoms with Gasteiger partial charge in [-0.15, -0.1) is 0 Å². The zero-order chi connectivity index (χ0) is 12.8. The Hall–Kier alpha value is -2.12. The van der Waals surface area contributed by atoms with E-state index >= 15 is 0 Å². The number of benzene rings is 4. The molecule has 19 heavy (non-hydrogen) atoms. The fourth-order valence-corrected chi connectivity index (χ4v) is 3.11. The summed E-state index contributed by atoms with van der Waals surface area (Å²) in [5.74, 6) is 0. The third-order valence-corrected chi connectivity index (χ3v) is 3.89. The first-order chi connectivity index (χ1) is 9.38. The van der Waals surface area contributed by atoms with Gasteiger partial charge in [0.05, 0.1) is 6.61 Å². The molecule has 0 amide bonds. The van der Waals surface area contributed by atoms with Gasteiger partial charge in [-0.2, -0.15) is 0 Å². The van der Waals surface area contributed by atoms with E-state index in [9.17, 15) is 0 Å².